The van der Waals surface area contributed by atoms with Gasteiger partial charge >= 0.3 is 0 Å². The van der Waals surface area contributed by atoms with E-state index in [9.17, 15) is 9.59 Å². The topological polar surface area (TPSA) is 46.2 Å². The first-order chi connectivity index (χ1) is 9.74. The molecule has 1 saturated carbocycles. The molecule has 2 aromatic rings. The molecular formula is C17H17NO2. The summed E-state index contributed by atoms with van der Waals surface area (Å²) in [7, 11) is 0. The van der Waals surface area contributed by atoms with Gasteiger partial charge in [0.15, 0.2) is 0 Å². The largest absolute Gasteiger partial charge is 0.325 e. The number of fused-ring (bicyclic) bond motifs is 1. The molecule has 1 N–H and O–H groups in total. The zero-order chi connectivity index (χ0) is 13.9. The Morgan fingerprint density at radius 1 is 1.00 bits per heavy atom. The Labute approximate surface area is 118 Å². The number of benzene rings is 2. The van der Waals surface area contributed by atoms with E-state index in [0.29, 0.717) is 25.7 Å². The zero-order valence-corrected chi connectivity index (χ0v) is 11.3. The maximum absolute atomic E-state index is 12.3. The molecule has 2 aromatic carbocycles. The molecule has 3 heteroatoms. The van der Waals surface area contributed by atoms with Crippen LogP contribution in [0.2, 0.25) is 0 Å². The molecule has 102 valence electrons. The molecule has 0 atom stereocenters. The third kappa shape index (κ3) is 2.57. The van der Waals surface area contributed by atoms with Crippen LogP contribution in [-0.2, 0) is 9.59 Å². The Kier molecular flexibility index (Phi) is 3.50. The molecule has 1 aliphatic rings. The Bertz CT molecular complexity index is 648. The van der Waals surface area contributed by atoms with Crippen molar-refractivity contribution in [1.82, 2.24) is 0 Å². The van der Waals surface area contributed by atoms with Crippen LogP contribution in [0.3, 0.4) is 0 Å². The van der Waals surface area contributed by atoms with E-state index in [-0.39, 0.29) is 17.6 Å². The third-order valence-electron chi connectivity index (χ3n) is 3.96. The van der Waals surface area contributed by atoms with E-state index in [2.05, 4.69) is 5.32 Å². The van der Waals surface area contributed by atoms with E-state index >= 15 is 0 Å². The van der Waals surface area contributed by atoms with Crippen molar-refractivity contribution in [3.8, 4) is 0 Å². The highest BCUT2D eigenvalue weighted by atomic mass is 16.2. The average Bonchev–Trinajstić information content (AvgIpc) is 2.48. The molecule has 0 aliphatic heterocycles. The second-order valence-electron chi connectivity index (χ2n) is 5.33. The molecule has 0 heterocycles. The summed E-state index contributed by atoms with van der Waals surface area (Å²) >= 11 is 0. The number of amides is 1. The molecular weight excluding hydrogens is 250 g/mol. The summed E-state index contributed by atoms with van der Waals surface area (Å²) in [4.78, 5) is 23.5. The number of ketones is 1. The SMILES string of the molecule is O=C1CCC(C(=O)Nc2cccc3ccccc23)CC1. The fraction of sp³-hybridized carbons (Fsp3) is 0.294. The van der Waals surface area contributed by atoms with Crippen LogP contribution in [0, 0.1) is 5.92 Å². The number of hydrogen-bond donors (Lipinski definition) is 1. The van der Waals surface area contributed by atoms with Crippen LogP contribution in [0.1, 0.15) is 25.7 Å². The average molecular weight is 267 g/mol. The van der Waals surface area contributed by atoms with Crippen molar-refractivity contribution in [3.63, 3.8) is 0 Å². The Morgan fingerprint density at radius 2 is 1.70 bits per heavy atom. The van der Waals surface area contributed by atoms with Gasteiger partial charge in [0.05, 0.1) is 0 Å². The number of Topliss-reactive ketones (excluding diaryl/α,β-unsaturated/α-hetero) is 1. The third-order valence-corrected chi connectivity index (χ3v) is 3.96. The molecule has 0 saturated heterocycles. The standard InChI is InChI=1S/C17H17NO2/c19-14-10-8-13(9-11-14)17(20)18-16-7-3-5-12-4-1-2-6-15(12)16/h1-7,13H,8-11H2,(H,18,20). The molecule has 1 amide bonds. The maximum atomic E-state index is 12.3. The van der Waals surface area contributed by atoms with Gasteiger partial charge in [-0.2, -0.15) is 0 Å². The fourth-order valence-electron chi connectivity index (χ4n) is 2.77. The van der Waals surface area contributed by atoms with Crippen LogP contribution >= 0.6 is 0 Å². The number of anilines is 1. The quantitative estimate of drug-likeness (QED) is 0.904. The van der Waals surface area contributed by atoms with Crippen LogP contribution in [0.15, 0.2) is 42.5 Å². The lowest BCUT2D eigenvalue weighted by Crippen LogP contribution is -2.27. The number of nitrogens with one attached hydrogen (secondary N) is 1. The minimum Gasteiger partial charge on any atom is -0.325 e. The van der Waals surface area contributed by atoms with Crippen LogP contribution < -0.4 is 5.32 Å². The highest BCUT2D eigenvalue weighted by molar-refractivity contribution is 6.03. The van der Waals surface area contributed by atoms with Crippen molar-refractivity contribution in [1.29, 1.82) is 0 Å². The van der Waals surface area contributed by atoms with Crippen molar-refractivity contribution < 1.29 is 9.59 Å². The monoisotopic (exact) mass is 267 g/mol. The molecule has 0 radical (unpaired) electrons. The predicted octanol–water partition coefficient (Wildman–Crippen LogP) is 3.54. The molecule has 0 aromatic heterocycles. The van der Waals surface area contributed by atoms with E-state index in [1.54, 1.807) is 0 Å². The smallest absolute Gasteiger partial charge is 0.227 e. The van der Waals surface area contributed by atoms with Crippen LogP contribution in [-0.4, -0.2) is 11.7 Å². The van der Waals surface area contributed by atoms with E-state index in [1.807, 2.05) is 42.5 Å². The van der Waals surface area contributed by atoms with E-state index < -0.39 is 0 Å². The van der Waals surface area contributed by atoms with Gasteiger partial charge in [0, 0.05) is 29.8 Å². The van der Waals surface area contributed by atoms with Gasteiger partial charge < -0.3 is 5.32 Å². The summed E-state index contributed by atoms with van der Waals surface area (Å²) in [6.45, 7) is 0. The minimum atomic E-state index is -0.0355. The van der Waals surface area contributed by atoms with Crippen LogP contribution in [0.25, 0.3) is 10.8 Å². The molecule has 3 nitrogen and oxygen atoms in total. The molecule has 1 fully saturated rings. The second-order valence-corrected chi connectivity index (χ2v) is 5.33. The van der Waals surface area contributed by atoms with Gasteiger partial charge in [-0.05, 0) is 24.3 Å². The number of carbonyl (C=O) groups excluding carboxylic acids is 2. The zero-order valence-electron chi connectivity index (χ0n) is 11.3. The highest BCUT2D eigenvalue weighted by Crippen LogP contribution is 2.26. The Hall–Kier alpha value is -2.16. The van der Waals surface area contributed by atoms with Crippen LogP contribution in [0.5, 0.6) is 0 Å². The van der Waals surface area contributed by atoms with Gasteiger partial charge in [0.25, 0.3) is 0 Å². The lowest BCUT2D eigenvalue weighted by atomic mass is 9.88. The Morgan fingerprint density at radius 3 is 2.50 bits per heavy atom. The predicted molar refractivity (Wildman–Crippen MR) is 79.5 cm³/mol. The number of rotatable bonds is 2. The van der Waals surface area contributed by atoms with E-state index in [0.717, 1.165) is 16.5 Å². The number of hydrogen-bond acceptors (Lipinski definition) is 2. The van der Waals surface area contributed by atoms with Gasteiger partial charge in [-0.15, -0.1) is 0 Å². The molecule has 1 aliphatic carbocycles. The van der Waals surface area contributed by atoms with Gasteiger partial charge in [-0.3, -0.25) is 9.59 Å². The molecule has 0 spiro atoms. The fourth-order valence-corrected chi connectivity index (χ4v) is 2.77. The van der Waals surface area contributed by atoms with Crippen molar-refractivity contribution in [2.24, 2.45) is 5.92 Å². The molecule has 0 bridgehead atoms. The Balaban J connectivity index is 1.79. The summed E-state index contributed by atoms with van der Waals surface area (Å²) in [5.41, 5.74) is 0.852. The van der Waals surface area contributed by atoms with Gasteiger partial charge in [0.2, 0.25) is 5.91 Å². The van der Waals surface area contributed by atoms with Crippen molar-refractivity contribution in [3.05, 3.63) is 42.5 Å². The normalized spacial score (nSPS) is 16.3. The summed E-state index contributed by atoms with van der Waals surface area (Å²) in [6.07, 6.45) is 2.42. The van der Waals surface area contributed by atoms with Gasteiger partial charge in [-0.1, -0.05) is 36.4 Å². The first-order valence-electron chi connectivity index (χ1n) is 7.04. The second kappa shape index (κ2) is 5.45. The maximum Gasteiger partial charge on any atom is 0.227 e. The summed E-state index contributed by atoms with van der Waals surface area (Å²) < 4.78 is 0. The lowest BCUT2D eigenvalue weighted by molar-refractivity contribution is -0.125. The van der Waals surface area contributed by atoms with E-state index in [1.165, 1.54) is 0 Å². The lowest BCUT2D eigenvalue weighted by Gasteiger charge is -2.20. The minimum absolute atomic E-state index is 0.0355. The van der Waals surface area contributed by atoms with Gasteiger partial charge in [-0.25, -0.2) is 0 Å². The van der Waals surface area contributed by atoms with Crippen molar-refractivity contribution in [2.75, 3.05) is 5.32 Å². The van der Waals surface area contributed by atoms with E-state index in [4.69, 9.17) is 0 Å². The molecule has 3 rings (SSSR count). The first kappa shape index (κ1) is 12.9. The molecule has 0 unspecified atom stereocenters. The first-order valence-corrected chi connectivity index (χ1v) is 7.04. The number of carbonyl (C=O) groups is 2. The summed E-state index contributed by atoms with van der Waals surface area (Å²) in [5, 5.41) is 5.19. The highest BCUT2D eigenvalue weighted by Gasteiger charge is 2.24. The van der Waals surface area contributed by atoms with Crippen molar-refractivity contribution in [2.45, 2.75) is 25.7 Å². The summed E-state index contributed by atoms with van der Waals surface area (Å²) in [5.74, 6) is 0.278. The van der Waals surface area contributed by atoms with Crippen molar-refractivity contribution >= 4 is 28.2 Å². The van der Waals surface area contributed by atoms with Crippen LogP contribution in [0.4, 0.5) is 5.69 Å². The van der Waals surface area contributed by atoms with Gasteiger partial charge in [0.1, 0.15) is 5.78 Å². The molecule has 20 heavy (non-hydrogen) atoms. The summed E-state index contributed by atoms with van der Waals surface area (Å²) in [6, 6.07) is 13.9.